The summed E-state index contributed by atoms with van der Waals surface area (Å²) in [6.45, 7) is 1.06. The number of thiophene rings is 1. The topological polar surface area (TPSA) is 79.4 Å². The summed E-state index contributed by atoms with van der Waals surface area (Å²) in [5.41, 5.74) is 2.73. The average molecular weight is 608 g/mol. The van der Waals surface area contributed by atoms with Crippen molar-refractivity contribution in [2.75, 3.05) is 18.4 Å². The highest BCUT2D eigenvalue weighted by atomic mass is 35.5. The van der Waals surface area contributed by atoms with Gasteiger partial charge in [-0.15, -0.1) is 22.7 Å². The molecule has 1 fully saturated rings. The second-order valence-corrected chi connectivity index (χ2v) is 14.0. The Labute approximate surface area is 246 Å². The van der Waals surface area contributed by atoms with E-state index in [4.69, 9.17) is 11.6 Å². The van der Waals surface area contributed by atoms with Crippen molar-refractivity contribution >= 4 is 65.4 Å². The molecule has 6 rings (SSSR count). The number of rotatable bonds is 7. The molecule has 204 valence electrons. The quantitative estimate of drug-likeness (QED) is 0.207. The summed E-state index contributed by atoms with van der Waals surface area (Å²) < 4.78 is 29.2. The maximum atomic E-state index is 13.3. The first-order valence-electron chi connectivity index (χ1n) is 13.0. The highest BCUT2D eigenvalue weighted by Crippen LogP contribution is 2.36. The minimum Gasteiger partial charge on any atom is -0.297 e. The molecule has 10 heteroatoms. The normalized spacial score (nSPS) is 14.9. The standard InChI is InChI=1S/C30H26ClN3O3S3/c31-27-24-8-4-5-9-26(24)39-28(27)29(35)33-30-32-25(19-38-30)22-10-12-23(13-11-22)40(36,37)34-16-14-21(15-17-34)18-20-6-2-1-3-7-20/h1-13,19,21H,14-18H2,(H,32,33,35). The Morgan fingerprint density at radius 1 is 0.975 bits per heavy atom. The molecule has 3 aromatic carbocycles. The molecule has 6 nitrogen and oxygen atoms in total. The van der Waals surface area contributed by atoms with Gasteiger partial charge in [0.2, 0.25) is 10.0 Å². The minimum absolute atomic E-state index is 0.279. The van der Waals surface area contributed by atoms with Crippen LogP contribution in [0.15, 0.2) is 89.1 Å². The molecular formula is C30H26ClN3O3S3. The second kappa shape index (κ2) is 11.4. The van der Waals surface area contributed by atoms with E-state index in [1.54, 1.807) is 28.6 Å². The van der Waals surface area contributed by atoms with E-state index in [0.717, 1.165) is 34.9 Å². The number of anilines is 1. The van der Waals surface area contributed by atoms with Gasteiger partial charge in [-0.05, 0) is 48.9 Å². The van der Waals surface area contributed by atoms with Gasteiger partial charge in [0.15, 0.2) is 5.13 Å². The summed E-state index contributed by atoms with van der Waals surface area (Å²) in [4.78, 5) is 18.1. The largest absolute Gasteiger partial charge is 0.297 e. The van der Waals surface area contributed by atoms with E-state index in [-0.39, 0.29) is 10.8 Å². The SMILES string of the molecule is O=C(Nc1nc(-c2ccc(S(=O)(=O)N3CCC(Cc4ccccc4)CC3)cc2)cs1)c1sc2ccccc2c1Cl. The highest BCUT2D eigenvalue weighted by molar-refractivity contribution is 7.89. The van der Waals surface area contributed by atoms with Crippen molar-refractivity contribution in [2.45, 2.75) is 24.2 Å². The summed E-state index contributed by atoms with van der Waals surface area (Å²) >= 11 is 9.09. The smallest absolute Gasteiger partial charge is 0.269 e. The molecule has 1 aliphatic heterocycles. The van der Waals surface area contributed by atoms with Gasteiger partial charge in [0.05, 0.1) is 15.6 Å². The third-order valence-corrected chi connectivity index (χ3v) is 11.5. The molecule has 1 aliphatic rings. The lowest BCUT2D eigenvalue weighted by Crippen LogP contribution is -2.38. The summed E-state index contributed by atoms with van der Waals surface area (Å²) in [5, 5.41) is 6.41. The number of aromatic nitrogens is 1. The van der Waals surface area contributed by atoms with Crippen molar-refractivity contribution in [3.63, 3.8) is 0 Å². The summed E-state index contributed by atoms with van der Waals surface area (Å²) in [7, 11) is -3.57. The molecule has 0 radical (unpaired) electrons. The molecule has 1 saturated heterocycles. The fourth-order valence-electron chi connectivity index (χ4n) is 5.03. The van der Waals surface area contributed by atoms with Crippen LogP contribution in [0, 0.1) is 5.92 Å². The number of nitrogens with one attached hydrogen (secondary N) is 1. The molecule has 0 bridgehead atoms. The molecule has 0 aliphatic carbocycles. The molecule has 0 atom stereocenters. The Hall–Kier alpha value is -3.08. The van der Waals surface area contributed by atoms with Crippen LogP contribution in [0.3, 0.4) is 0 Å². The molecule has 0 spiro atoms. The van der Waals surface area contributed by atoms with Crippen LogP contribution in [0.5, 0.6) is 0 Å². The fourth-order valence-corrected chi connectivity index (χ4v) is 8.62. The van der Waals surface area contributed by atoms with Crippen LogP contribution in [0.1, 0.15) is 28.1 Å². The van der Waals surface area contributed by atoms with Gasteiger partial charge in [-0.1, -0.05) is 72.3 Å². The van der Waals surface area contributed by atoms with Crippen LogP contribution in [0.25, 0.3) is 21.3 Å². The van der Waals surface area contributed by atoms with E-state index in [1.165, 1.54) is 28.2 Å². The van der Waals surface area contributed by atoms with Gasteiger partial charge in [0.1, 0.15) is 4.88 Å². The summed E-state index contributed by atoms with van der Waals surface area (Å²) in [6.07, 6.45) is 2.69. The Bertz CT molecular complexity index is 1760. The number of thiazole rings is 1. The number of sulfonamides is 1. The van der Waals surface area contributed by atoms with Gasteiger partial charge in [0.25, 0.3) is 5.91 Å². The van der Waals surface area contributed by atoms with Gasteiger partial charge in [0, 0.05) is 34.1 Å². The van der Waals surface area contributed by atoms with Crippen molar-refractivity contribution < 1.29 is 13.2 Å². The Morgan fingerprint density at radius 3 is 2.40 bits per heavy atom. The lowest BCUT2D eigenvalue weighted by molar-refractivity contribution is 0.103. The van der Waals surface area contributed by atoms with Crippen molar-refractivity contribution in [3.05, 3.63) is 99.7 Å². The van der Waals surface area contributed by atoms with E-state index in [1.807, 2.05) is 47.8 Å². The first kappa shape index (κ1) is 27.1. The molecule has 1 N–H and O–H groups in total. The molecule has 40 heavy (non-hydrogen) atoms. The van der Waals surface area contributed by atoms with E-state index >= 15 is 0 Å². The predicted octanol–water partition coefficient (Wildman–Crippen LogP) is 7.57. The fraction of sp³-hybridized carbons (Fsp3) is 0.200. The number of fused-ring (bicyclic) bond motifs is 1. The van der Waals surface area contributed by atoms with Crippen LogP contribution >= 0.6 is 34.3 Å². The molecule has 5 aromatic rings. The zero-order valence-electron chi connectivity index (χ0n) is 21.4. The van der Waals surface area contributed by atoms with Gasteiger partial charge < -0.3 is 0 Å². The first-order valence-corrected chi connectivity index (χ1v) is 16.5. The van der Waals surface area contributed by atoms with Gasteiger partial charge in [-0.25, -0.2) is 13.4 Å². The third kappa shape index (κ3) is 5.57. The number of benzene rings is 3. The molecule has 3 heterocycles. The summed E-state index contributed by atoms with van der Waals surface area (Å²) in [6, 6.07) is 24.8. The highest BCUT2D eigenvalue weighted by Gasteiger charge is 2.29. The van der Waals surface area contributed by atoms with Crippen LogP contribution < -0.4 is 5.32 Å². The van der Waals surface area contributed by atoms with Crippen LogP contribution in [0.2, 0.25) is 5.02 Å². The van der Waals surface area contributed by atoms with Crippen LogP contribution in [0.4, 0.5) is 5.13 Å². The van der Waals surface area contributed by atoms with Gasteiger partial charge in [-0.3, -0.25) is 10.1 Å². The number of carbonyl (C=O) groups excluding carboxylic acids is 1. The number of carbonyl (C=O) groups is 1. The van der Waals surface area contributed by atoms with E-state index in [0.29, 0.717) is 39.7 Å². The van der Waals surface area contributed by atoms with E-state index in [2.05, 4.69) is 22.4 Å². The molecule has 2 aromatic heterocycles. The zero-order chi connectivity index (χ0) is 27.7. The maximum absolute atomic E-state index is 13.3. The lowest BCUT2D eigenvalue weighted by atomic mass is 9.91. The second-order valence-electron chi connectivity index (χ2n) is 9.79. The molecule has 0 saturated carbocycles. The summed E-state index contributed by atoms with van der Waals surface area (Å²) in [5.74, 6) is 0.187. The Kier molecular flexibility index (Phi) is 7.74. The Balaban J connectivity index is 1.09. The minimum atomic E-state index is -3.57. The van der Waals surface area contributed by atoms with E-state index in [9.17, 15) is 13.2 Å². The Morgan fingerprint density at radius 2 is 1.68 bits per heavy atom. The first-order chi connectivity index (χ1) is 19.4. The molecule has 1 amide bonds. The van der Waals surface area contributed by atoms with Crippen LogP contribution in [-0.2, 0) is 16.4 Å². The van der Waals surface area contributed by atoms with Crippen LogP contribution in [-0.4, -0.2) is 36.7 Å². The number of amides is 1. The number of nitrogens with zero attached hydrogens (tertiary/aromatic N) is 2. The van der Waals surface area contributed by atoms with Crippen molar-refractivity contribution in [2.24, 2.45) is 5.92 Å². The third-order valence-electron chi connectivity index (χ3n) is 7.19. The van der Waals surface area contributed by atoms with Gasteiger partial charge in [-0.2, -0.15) is 4.31 Å². The zero-order valence-corrected chi connectivity index (χ0v) is 24.6. The number of hydrogen-bond donors (Lipinski definition) is 1. The maximum Gasteiger partial charge on any atom is 0.269 e. The molecular weight excluding hydrogens is 582 g/mol. The number of piperidine rings is 1. The van der Waals surface area contributed by atoms with Gasteiger partial charge >= 0.3 is 0 Å². The number of hydrogen-bond acceptors (Lipinski definition) is 6. The lowest BCUT2D eigenvalue weighted by Gasteiger charge is -2.31. The van der Waals surface area contributed by atoms with Crippen molar-refractivity contribution in [3.8, 4) is 11.3 Å². The monoisotopic (exact) mass is 607 g/mol. The van der Waals surface area contributed by atoms with E-state index < -0.39 is 10.0 Å². The average Bonchev–Trinajstić information content (AvgIpc) is 3.58. The van der Waals surface area contributed by atoms with Crippen molar-refractivity contribution in [1.82, 2.24) is 9.29 Å². The van der Waals surface area contributed by atoms with Crippen molar-refractivity contribution in [1.29, 1.82) is 0 Å². The number of halogens is 1. The molecule has 0 unspecified atom stereocenters. The predicted molar refractivity (Wildman–Crippen MR) is 164 cm³/mol.